The first kappa shape index (κ1) is 38.4. The zero-order chi connectivity index (χ0) is 34.3. The number of allylic oxidation sites excluding steroid dienone is 2. The van der Waals surface area contributed by atoms with Crippen LogP contribution in [-0.2, 0) is 14.2 Å². The van der Waals surface area contributed by atoms with Crippen LogP contribution in [0, 0.1) is 58.2 Å². The fourth-order valence-electron chi connectivity index (χ4n) is 11.0. The molecule has 47 heavy (non-hydrogen) atoms. The van der Waals surface area contributed by atoms with Crippen LogP contribution in [0.15, 0.2) is 11.6 Å². The second-order valence-electron chi connectivity index (χ2n) is 17.0. The number of halogens is 1. The predicted octanol–water partition coefficient (Wildman–Crippen LogP) is 2.46. The molecule has 0 amide bonds. The Hall–Kier alpha value is 0.150. The number of nitrogens with one attached hydrogen (secondary N) is 2. The van der Waals surface area contributed by atoms with Gasteiger partial charge in [0.25, 0.3) is 0 Å². The van der Waals surface area contributed by atoms with Crippen molar-refractivity contribution in [3.05, 3.63) is 11.6 Å². The topological polar surface area (TPSA) is 112 Å². The number of hydrogen-bond acceptors (Lipinski definition) is 8. The van der Waals surface area contributed by atoms with Crippen LogP contribution in [0.25, 0.3) is 0 Å². The molecule has 0 spiro atoms. The Morgan fingerprint density at radius 2 is 1.70 bits per heavy atom. The van der Waals surface area contributed by atoms with Gasteiger partial charge in [0.05, 0.1) is 0 Å². The van der Waals surface area contributed by atoms with E-state index in [9.17, 15) is 15.3 Å². The average Bonchev–Trinajstić information content (AvgIpc) is 3.41. The first-order valence-corrected chi connectivity index (χ1v) is 22.2. The Morgan fingerprint density at radius 1 is 1.00 bits per heavy atom. The molecule has 0 aromatic rings. The number of aliphatic hydroxyl groups is 3. The molecule has 5 rings (SSSR count). The summed E-state index contributed by atoms with van der Waals surface area (Å²) in [5.41, 5.74) is 8.52. The van der Waals surface area contributed by atoms with E-state index in [2.05, 4.69) is 70.3 Å². The van der Waals surface area contributed by atoms with E-state index in [1.54, 1.807) is 12.6 Å². The van der Waals surface area contributed by atoms with Gasteiger partial charge < -0.3 is 0 Å². The Kier molecular flexibility index (Phi) is 12.9. The summed E-state index contributed by atoms with van der Waals surface area (Å²) >= 11 is -0.394. The van der Waals surface area contributed by atoms with Gasteiger partial charge >= 0.3 is 208 Å². The number of fused-ring (bicyclic) bond motifs is 5. The molecule has 0 bridgehead atoms. The van der Waals surface area contributed by atoms with Crippen LogP contribution in [0.2, 0.25) is 0 Å². The molecular weight excluding hydrogens is 707 g/mol. The fraction of sp³-hybridized carbons (Fsp3) is 0.947. The van der Waals surface area contributed by atoms with Crippen molar-refractivity contribution in [2.24, 2.45) is 58.2 Å². The van der Waals surface area contributed by atoms with Crippen LogP contribution in [0.5, 0.6) is 0 Å². The van der Waals surface area contributed by atoms with Gasteiger partial charge in [0.2, 0.25) is 0 Å². The van der Waals surface area contributed by atoms with Crippen LogP contribution in [0.1, 0.15) is 106 Å². The summed E-state index contributed by atoms with van der Waals surface area (Å²) in [5, 5.41) is 31.7. The normalized spacial score (nSPS) is 45.6. The summed E-state index contributed by atoms with van der Waals surface area (Å²) < 4.78 is 18.9. The zero-order valence-electron chi connectivity index (χ0n) is 30.8. The van der Waals surface area contributed by atoms with E-state index in [0.717, 1.165) is 48.9 Å². The number of ether oxygens (including phenoxy) is 3. The summed E-state index contributed by atoms with van der Waals surface area (Å²) in [4.78, 5) is 2.09. The number of hydrogen-bond donors (Lipinski definition) is 5. The molecule has 0 aromatic carbocycles. The molecule has 3 saturated carbocycles. The van der Waals surface area contributed by atoms with Crippen LogP contribution in [0.4, 0.5) is 0 Å². The van der Waals surface area contributed by atoms with Crippen molar-refractivity contribution in [2.75, 3.05) is 18.6 Å². The SMILES string of the molecule is CNNC(OC1C(OC2CCC3(C)C4CCC5(C)C(CCC5C(C)CCC(C)C(C)C)C4=CCC3C2C)OC(CO)C(O)[C@H]1O)[I-]C. The Bertz CT molecular complexity index is 1060. The summed E-state index contributed by atoms with van der Waals surface area (Å²) in [6, 6.07) is 0. The summed E-state index contributed by atoms with van der Waals surface area (Å²) in [5.74, 6) is 5.41. The molecule has 0 aromatic heterocycles. The molecule has 1 heterocycles. The van der Waals surface area contributed by atoms with Gasteiger partial charge in [-0.3, -0.25) is 0 Å². The van der Waals surface area contributed by atoms with E-state index in [0.29, 0.717) is 23.2 Å². The Balaban J connectivity index is 1.29. The molecule has 5 aliphatic rings. The number of alkyl halides is 2. The number of rotatable bonds is 13. The monoisotopic (exact) mass is 775 g/mol. The average molecular weight is 776 g/mol. The van der Waals surface area contributed by atoms with Gasteiger partial charge in [-0.1, -0.05) is 47.5 Å². The second kappa shape index (κ2) is 15.8. The first-order valence-electron chi connectivity index (χ1n) is 18.8. The van der Waals surface area contributed by atoms with Crippen LogP contribution in [-0.4, -0.2) is 74.9 Å². The van der Waals surface area contributed by atoms with Crippen molar-refractivity contribution in [3.63, 3.8) is 0 Å². The van der Waals surface area contributed by atoms with Gasteiger partial charge in [-0.05, 0) is 41.9 Å². The third-order valence-electron chi connectivity index (χ3n) is 14.4. The van der Waals surface area contributed by atoms with Gasteiger partial charge in [-0.25, -0.2) is 0 Å². The first-order chi connectivity index (χ1) is 22.3. The van der Waals surface area contributed by atoms with Crippen molar-refractivity contribution in [1.29, 1.82) is 0 Å². The van der Waals surface area contributed by atoms with Gasteiger partial charge in [0, 0.05) is 0 Å². The van der Waals surface area contributed by atoms with E-state index >= 15 is 0 Å². The van der Waals surface area contributed by atoms with Gasteiger partial charge in [0.1, 0.15) is 0 Å². The van der Waals surface area contributed by atoms with Crippen molar-refractivity contribution < 1.29 is 50.7 Å². The zero-order valence-corrected chi connectivity index (χ0v) is 32.9. The van der Waals surface area contributed by atoms with Gasteiger partial charge in [0.15, 0.2) is 0 Å². The Morgan fingerprint density at radius 3 is 2.36 bits per heavy atom. The maximum atomic E-state index is 11.1. The molecule has 5 N–H and O–H groups in total. The van der Waals surface area contributed by atoms with Crippen LogP contribution < -0.4 is 32.1 Å². The van der Waals surface area contributed by atoms with Gasteiger partial charge in [-0.15, -0.1) is 0 Å². The quantitative estimate of drug-likeness (QED) is 0.0485. The molecule has 8 nitrogen and oxygen atoms in total. The summed E-state index contributed by atoms with van der Waals surface area (Å²) in [7, 11) is 1.78. The van der Waals surface area contributed by atoms with Gasteiger partial charge in [-0.2, -0.15) is 0 Å². The van der Waals surface area contributed by atoms with E-state index < -0.39 is 58.5 Å². The Labute approximate surface area is 296 Å². The third kappa shape index (κ3) is 7.41. The molecule has 16 atom stereocenters. The number of aliphatic hydroxyl groups excluding tert-OH is 3. The van der Waals surface area contributed by atoms with E-state index in [-0.39, 0.29) is 15.8 Å². The molecule has 4 aliphatic carbocycles. The van der Waals surface area contributed by atoms with Crippen LogP contribution >= 0.6 is 0 Å². The maximum absolute atomic E-state index is 11.1. The van der Waals surface area contributed by atoms with Crippen molar-refractivity contribution in [1.82, 2.24) is 10.9 Å². The molecule has 1 aliphatic heterocycles. The van der Waals surface area contributed by atoms with Crippen molar-refractivity contribution in [2.45, 2.75) is 147 Å². The minimum atomic E-state index is -1.25. The fourth-order valence-corrected chi connectivity index (χ4v) is 12.3. The summed E-state index contributed by atoms with van der Waals surface area (Å²) in [6.07, 6.45) is 8.78. The molecule has 15 unspecified atom stereocenters. The molecule has 4 fully saturated rings. The molecular formula is C38H68IN2O6-. The minimum absolute atomic E-state index is 0.0493. The molecule has 274 valence electrons. The second-order valence-corrected chi connectivity index (χ2v) is 19.3. The third-order valence-corrected chi connectivity index (χ3v) is 16.1. The van der Waals surface area contributed by atoms with Crippen molar-refractivity contribution in [3.8, 4) is 0 Å². The van der Waals surface area contributed by atoms with Crippen LogP contribution in [0.3, 0.4) is 0 Å². The predicted molar refractivity (Wildman–Crippen MR) is 182 cm³/mol. The standard InChI is InChI=1S/C38H68IN2O6/c1-21(2)22(3)10-11-23(4)26-14-15-28-25-12-13-27-24(5)30(17-19-38(27,7)29(25)16-18-37(26,28)6)45-35-34(47-36(39-8)41-40-9)33(44)32(43)31(20-42)46-35/h12,21-24,26-36,40-44H,10-11,13-20H2,1-9H3/q-1/t22?,23?,24?,26?,27?,28?,29?,30?,31?,32?,33-,34?,35?,36?,37?,38?/m1/s1. The van der Waals surface area contributed by atoms with E-state index in [1.807, 2.05) is 0 Å². The molecule has 0 radical (unpaired) electrons. The molecule has 1 saturated heterocycles. The van der Waals surface area contributed by atoms with E-state index in [1.165, 1.54) is 38.5 Å². The summed E-state index contributed by atoms with van der Waals surface area (Å²) in [6.45, 7) is 16.9. The number of hydrazine groups is 1. The van der Waals surface area contributed by atoms with E-state index in [4.69, 9.17) is 14.2 Å². The van der Waals surface area contributed by atoms with Crippen molar-refractivity contribution >= 4 is 0 Å². The molecule has 9 heteroatoms.